The van der Waals surface area contributed by atoms with Gasteiger partial charge >= 0.3 is 0 Å². The lowest BCUT2D eigenvalue weighted by Crippen LogP contribution is -2.37. The number of anilines is 1. The zero-order chi connectivity index (χ0) is 19.8. The first-order valence-electron chi connectivity index (χ1n) is 9.60. The van der Waals surface area contributed by atoms with Gasteiger partial charge in [0.05, 0.1) is 11.5 Å². The molecule has 6 heteroatoms. The molecule has 148 valence electrons. The Balaban J connectivity index is 1.41. The predicted octanol–water partition coefficient (Wildman–Crippen LogP) is 4.47. The fourth-order valence-electron chi connectivity index (χ4n) is 3.08. The third-order valence-corrected chi connectivity index (χ3v) is 5.45. The Kier molecular flexibility index (Phi) is 7.37. The Morgan fingerprint density at radius 2 is 1.75 bits per heavy atom. The Morgan fingerprint density at radius 1 is 1.00 bits per heavy atom. The molecule has 0 atom stereocenters. The molecule has 0 unspecified atom stereocenters. The molecule has 3 rings (SSSR count). The molecule has 1 aliphatic heterocycles. The van der Waals surface area contributed by atoms with Crippen LogP contribution in [0.25, 0.3) is 0 Å². The summed E-state index contributed by atoms with van der Waals surface area (Å²) in [6.07, 6.45) is 3.37. The van der Waals surface area contributed by atoms with E-state index in [1.54, 1.807) is 0 Å². The molecule has 0 radical (unpaired) electrons. The van der Waals surface area contributed by atoms with Crippen molar-refractivity contribution in [3.63, 3.8) is 0 Å². The molecule has 0 saturated carbocycles. The molecule has 1 fully saturated rings. The molecular formula is C22H26N2O3S. The van der Waals surface area contributed by atoms with Gasteiger partial charge in [0.1, 0.15) is 11.5 Å². The number of likely N-dealkylation sites (tertiary alicyclic amines) is 1. The van der Waals surface area contributed by atoms with Crippen LogP contribution in [0.1, 0.15) is 24.8 Å². The molecule has 1 N–H and O–H groups in total. The first kappa shape index (κ1) is 20.3. The zero-order valence-corrected chi connectivity index (χ0v) is 17.0. The summed E-state index contributed by atoms with van der Waals surface area (Å²) in [6, 6.07) is 15.1. The number of carbonyl (C=O) groups excluding carboxylic acids is 2. The van der Waals surface area contributed by atoms with Crippen LogP contribution < -0.4 is 10.1 Å². The van der Waals surface area contributed by atoms with Crippen LogP contribution in [0.3, 0.4) is 0 Å². The number of nitrogens with one attached hydrogen (secondary N) is 1. The summed E-state index contributed by atoms with van der Waals surface area (Å²) >= 11 is 1.36. The number of thioether (sulfide) groups is 1. The van der Waals surface area contributed by atoms with Crippen molar-refractivity contribution in [3.8, 4) is 11.5 Å². The van der Waals surface area contributed by atoms with E-state index in [-0.39, 0.29) is 17.6 Å². The molecule has 0 bridgehead atoms. The average molecular weight is 399 g/mol. The van der Waals surface area contributed by atoms with Crippen LogP contribution in [0, 0.1) is 6.92 Å². The van der Waals surface area contributed by atoms with Crippen molar-refractivity contribution in [1.29, 1.82) is 0 Å². The third kappa shape index (κ3) is 6.30. The Labute approximate surface area is 170 Å². The summed E-state index contributed by atoms with van der Waals surface area (Å²) in [5.74, 6) is 2.15. The Morgan fingerprint density at radius 3 is 2.46 bits per heavy atom. The molecule has 2 aromatic rings. The highest BCUT2D eigenvalue weighted by atomic mass is 32.2. The summed E-state index contributed by atoms with van der Waals surface area (Å²) in [6.45, 7) is 3.72. The van der Waals surface area contributed by atoms with Crippen LogP contribution in [-0.2, 0) is 9.59 Å². The predicted molar refractivity (Wildman–Crippen MR) is 114 cm³/mol. The second-order valence-corrected chi connectivity index (χ2v) is 7.91. The monoisotopic (exact) mass is 398 g/mol. The molecule has 0 aliphatic carbocycles. The zero-order valence-electron chi connectivity index (χ0n) is 16.1. The van der Waals surface area contributed by atoms with E-state index in [1.807, 2.05) is 60.4 Å². The van der Waals surface area contributed by atoms with Crippen molar-refractivity contribution in [2.75, 3.05) is 29.9 Å². The lowest BCUT2D eigenvalue weighted by molar-refractivity contribution is -0.129. The van der Waals surface area contributed by atoms with Crippen molar-refractivity contribution in [2.24, 2.45) is 0 Å². The number of amides is 2. The van der Waals surface area contributed by atoms with E-state index in [4.69, 9.17) is 4.74 Å². The van der Waals surface area contributed by atoms with Crippen LogP contribution in [0.15, 0.2) is 48.5 Å². The van der Waals surface area contributed by atoms with Crippen LogP contribution in [0.2, 0.25) is 0 Å². The van der Waals surface area contributed by atoms with Gasteiger partial charge in [-0.2, -0.15) is 0 Å². The van der Waals surface area contributed by atoms with Gasteiger partial charge in [-0.15, -0.1) is 11.8 Å². The van der Waals surface area contributed by atoms with Crippen molar-refractivity contribution in [3.05, 3.63) is 54.1 Å². The maximum absolute atomic E-state index is 12.1. The fraction of sp³-hybridized carbons (Fsp3) is 0.364. The summed E-state index contributed by atoms with van der Waals surface area (Å²) in [5.41, 5.74) is 1.85. The largest absolute Gasteiger partial charge is 0.457 e. The first-order valence-corrected chi connectivity index (χ1v) is 10.8. The van der Waals surface area contributed by atoms with Gasteiger partial charge in [-0.3, -0.25) is 9.59 Å². The second kappa shape index (κ2) is 10.2. The highest BCUT2D eigenvalue weighted by Gasteiger charge is 2.16. The van der Waals surface area contributed by atoms with Gasteiger partial charge in [-0.05, 0) is 68.1 Å². The number of hydrogen-bond donors (Lipinski definition) is 1. The number of aryl methyl sites for hydroxylation is 1. The van der Waals surface area contributed by atoms with Crippen molar-refractivity contribution >= 4 is 29.3 Å². The fourth-order valence-corrected chi connectivity index (χ4v) is 3.80. The SMILES string of the molecule is Cc1cccc(Oc2ccc(NC(=O)CSCC(=O)N3CCCCC3)cc2)c1. The molecular weight excluding hydrogens is 372 g/mol. The van der Waals surface area contributed by atoms with Gasteiger partial charge < -0.3 is 15.0 Å². The van der Waals surface area contributed by atoms with Gasteiger partial charge in [0.2, 0.25) is 11.8 Å². The summed E-state index contributed by atoms with van der Waals surface area (Å²) in [5, 5.41) is 2.86. The van der Waals surface area contributed by atoms with Crippen LogP contribution >= 0.6 is 11.8 Å². The van der Waals surface area contributed by atoms with Crippen molar-refractivity contribution in [1.82, 2.24) is 4.90 Å². The normalized spacial score (nSPS) is 13.8. The van der Waals surface area contributed by atoms with Gasteiger partial charge in [-0.1, -0.05) is 12.1 Å². The minimum atomic E-state index is -0.108. The van der Waals surface area contributed by atoms with Gasteiger partial charge in [-0.25, -0.2) is 0 Å². The maximum atomic E-state index is 12.1. The van der Waals surface area contributed by atoms with Gasteiger partial charge in [0.25, 0.3) is 0 Å². The topological polar surface area (TPSA) is 58.6 Å². The maximum Gasteiger partial charge on any atom is 0.234 e. The van der Waals surface area contributed by atoms with Crippen LogP contribution in [0.4, 0.5) is 5.69 Å². The van der Waals surface area contributed by atoms with Crippen molar-refractivity contribution in [2.45, 2.75) is 26.2 Å². The molecule has 28 heavy (non-hydrogen) atoms. The highest BCUT2D eigenvalue weighted by molar-refractivity contribution is 8.00. The quantitative estimate of drug-likeness (QED) is 0.747. The van der Waals surface area contributed by atoms with Gasteiger partial charge in [0, 0.05) is 18.8 Å². The smallest absolute Gasteiger partial charge is 0.234 e. The van der Waals surface area contributed by atoms with E-state index in [9.17, 15) is 9.59 Å². The van der Waals surface area contributed by atoms with Crippen molar-refractivity contribution < 1.29 is 14.3 Å². The van der Waals surface area contributed by atoms with E-state index in [0.717, 1.165) is 37.2 Å². The summed E-state index contributed by atoms with van der Waals surface area (Å²) in [7, 11) is 0. The minimum absolute atomic E-state index is 0.108. The minimum Gasteiger partial charge on any atom is -0.457 e. The van der Waals surface area contributed by atoms with E-state index >= 15 is 0 Å². The number of benzene rings is 2. The lowest BCUT2D eigenvalue weighted by atomic mass is 10.1. The van der Waals surface area contributed by atoms with Gasteiger partial charge in [0.15, 0.2) is 0 Å². The van der Waals surface area contributed by atoms with E-state index in [0.29, 0.717) is 17.2 Å². The number of rotatable bonds is 7. The van der Waals surface area contributed by atoms with E-state index < -0.39 is 0 Å². The van der Waals surface area contributed by atoms with Crippen LogP contribution in [0.5, 0.6) is 11.5 Å². The number of piperidine rings is 1. The number of ether oxygens (including phenoxy) is 1. The Bertz CT molecular complexity index is 802. The molecule has 1 saturated heterocycles. The molecule has 0 spiro atoms. The standard InChI is InChI=1S/C22H26N2O3S/c1-17-6-5-7-20(14-17)27-19-10-8-18(9-11-19)23-21(25)15-28-16-22(26)24-12-3-2-4-13-24/h5-11,14H,2-4,12-13,15-16H2,1H3,(H,23,25). The van der Waals surface area contributed by atoms with E-state index in [2.05, 4.69) is 5.32 Å². The number of hydrogen-bond acceptors (Lipinski definition) is 4. The summed E-state index contributed by atoms with van der Waals surface area (Å²) in [4.78, 5) is 26.1. The van der Waals surface area contributed by atoms with Crippen LogP contribution in [-0.4, -0.2) is 41.3 Å². The molecule has 2 amide bonds. The van der Waals surface area contributed by atoms with E-state index in [1.165, 1.54) is 18.2 Å². The summed E-state index contributed by atoms with van der Waals surface area (Å²) < 4.78 is 5.81. The number of carbonyl (C=O) groups is 2. The third-order valence-electron chi connectivity index (χ3n) is 4.53. The Hall–Kier alpha value is -2.47. The molecule has 0 aromatic heterocycles. The average Bonchev–Trinajstić information content (AvgIpc) is 2.70. The molecule has 5 nitrogen and oxygen atoms in total. The second-order valence-electron chi connectivity index (χ2n) is 6.93. The molecule has 1 heterocycles. The first-order chi connectivity index (χ1) is 13.6. The lowest BCUT2D eigenvalue weighted by Gasteiger charge is -2.26. The number of nitrogens with zero attached hydrogens (tertiary/aromatic N) is 1. The molecule has 2 aromatic carbocycles. The molecule has 1 aliphatic rings. The highest BCUT2D eigenvalue weighted by Crippen LogP contribution is 2.23.